The number of aromatic nitrogens is 1. The van der Waals surface area contributed by atoms with E-state index in [0.29, 0.717) is 10.7 Å². The van der Waals surface area contributed by atoms with Crippen molar-refractivity contribution in [2.45, 2.75) is 13.3 Å². The molecule has 0 radical (unpaired) electrons. The average molecular weight is 167 g/mol. The SMILES string of the molecule is CCc1cc(Cl)ncc1C#N. The van der Waals surface area contributed by atoms with E-state index in [0.717, 1.165) is 12.0 Å². The minimum absolute atomic E-state index is 0.445. The lowest BCUT2D eigenvalue weighted by Gasteiger charge is -1.98. The summed E-state index contributed by atoms with van der Waals surface area (Å²) in [6.07, 6.45) is 2.31. The van der Waals surface area contributed by atoms with Crippen LogP contribution in [0, 0.1) is 11.3 Å². The number of aryl methyl sites for hydroxylation is 1. The third-order valence-corrected chi connectivity index (χ3v) is 1.66. The van der Waals surface area contributed by atoms with Crippen molar-refractivity contribution in [1.29, 1.82) is 5.26 Å². The Balaban J connectivity index is 3.19. The number of halogens is 1. The number of nitriles is 1. The van der Waals surface area contributed by atoms with Crippen molar-refractivity contribution in [3.05, 3.63) is 28.5 Å². The standard InChI is InChI=1S/C8H7ClN2/c1-2-6-3-8(9)11-5-7(6)4-10/h3,5H,2H2,1H3. The molecule has 0 saturated heterocycles. The molecule has 0 aromatic carbocycles. The Morgan fingerprint density at radius 1 is 1.73 bits per heavy atom. The Morgan fingerprint density at radius 2 is 2.45 bits per heavy atom. The molecule has 1 heterocycles. The molecule has 0 aliphatic carbocycles. The maximum absolute atomic E-state index is 8.61. The Kier molecular flexibility index (Phi) is 2.45. The number of nitrogens with zero attached hydrogens (tertiary/aromatic N) is 2. The van der Waals surface area contributed by atoms with Crippen LogP contribution in [0.1, 0.15) is 18.1 Å². The molecule has 0 bridgehead atoms. The summed E-state index contributed by atoms with van der Waals surface area (Å²) in [6.45, 7) is 1.98. The van der Waals surface area contributed by atoms with Crippen LogP contribution in [0.5, 0.6) is 0 Å². The van der Waals surface area contributed by atoms with E-state index >= 15 is 0 Å². The van der Waals surface area contributed by atoms with Gasteiger partial charge in [0.05, 0.1) is 5.56 Å². The fourth-order valence-corrected chi connectivity index (χ4v) is 1.04. The van der Waals surface area contributed by atoms with Crippen molar-refractivity contribution in [3.63, 3.8) is 0 Å². The maximum atomic E-state index is 8.61. The number of hydrogen-bond acceptors (Lipinski definition) is 2. The highest BCUT2D eigenvalue weighted by Crippen LogP contribution is 2.12. The second-order valence-corrected chi connectivity index (χ2v) is 2.52. The Labute approximate surface area is 70.4 Å². The minimum atomic E-state index is 0.445. The van der Waals surface area contributed by atoms with Crippen molar-refractivity contribution >= 4 is 11.6 Å². The van der Waals surface area contributed by atoms with Crippen LogP contribution >= 0.6 is 11.6 Å². The van der Waals surface area contributed by atoms with Crippen molar-refractivity contribution < 1.29 is 0 Å². The van der Waals surface area contributed by atoms with Gasteiger partial charge in [0.15, 0.2) is 0 Å². The van der Waals surface area contributed by atoms with Gasteiger partial charge in [-0.2, -0.15) is 5.26 Å². The van der Waals surface area contributed by atoms with Crippen LogP contribution in [0.15, 0.2) is 12.3 Å². The van der Waals surface area contributed by atoms with Gasteiger partial charge in [0.1, 0.15) is 11.2 Å². The predicted molar refractivity (Wildman–Crippen MR) is 43.3 cm³/mol. The lowest BCUT2D eigenvalue weighted by atomic mass is 10.1. The lowest BCUT2D eigenvalue weighted by Crippen LogP contribution is -1.88. The van der Waals surface area contributed by atoms with E-state index in [4.69, 9.17) is 16.9 Å². The van der Waals surface area contributed by atoms with Crippen LogP contribution in [-0.4, -0.2) is 4.98 Å². The third kappa shape index (κ3) is 1.69. The third-order valence-electron chi connectivity index (χ3n) is 1.46. The summed E-state index contributed by atoms with van der Waals surface area (Å²) in [7, 11) is 0. The lowest BCUT2D eigenvalue weighted by molar-refractivity contribution is 1.10. The van der Waals surface area contributed by atoms with Crippen LogP contribution in [0.3, 0.4) is 0 Å². The molecule has 0 N–H and O–H groups in total. The molecule has 56 valence electrons. The topological polar surface area (TPSA) is 36.7 Å². The molecule has 1 aromatic heterocycles. The first-order valence-electron chi connectivity index (χ1n) is 3.32. The first-order chi connectivity index (χ1) is 5.27. The first-order valence-corrected chi connectivity index (χ1v) is 3.70. The van der Waals surface area contributed by atoms with E-state index in [1.54, 1.807) is 6.07 Å². The molecule has 3 heteroatoms. The van der Waals surface area contributed by atoms with Crippen molar-refractivity contribution in [2.24, 2.45) is 0 Å². The fourth-order valence-electron chi connectivity index (χ4n) is 0.861. The number of hydrogen-bond donors (Lipinski definition) is 0. The summed E-state index contributed by atoms with van der Waals surface area (Å²) < 4.78 is 0. The van der Waals surface area contributed by atoms with Crippen LogP contribution < -0.4 is 0 Å². The van der Waals surface area contributed by atoms with Gasteiger partial charge in [-0.3, -0.25) is 0 Å². The minimum Gasteiger partial charge on any atom is -0.243 e. The first kappa shape index (κ1) is 8.03. The van der Waals surface area contributed by atoms with E-state index < -0.39 is 0 Å². The van der Waals surface area contributed by atoms with Crippen molar-refractivity contribution in [3.8, 4) is 6.07 Å². The molecule has 11 heavy (non-hydrogen) atoms. The molecular formula is C8H7ClN2. The zero-order valence-corrected chi connectivity index (χ0v) is 6.89. The molecule has 0 unspecified atom stereocenters. The van der Waals surface area contributed by atoms with E-state index in [1.807, 2.05) is 6.92 Å². The van der Waals surface area contributed by atoms with E-state index in [9.17, 15) is 0 Å². The molecule has 0 atom stereocenters. The van der Waals surface area contributed by atoms with Gasteiger partial charge in [-0.05, 0) is 18.1 Å². The van der Waals surface area contributed by atoms with Crippen LogP contribution in [-0.2, 0) is 6.42 Å². The van der Waals surface area contributed by atoms with Gasteiger partial charge in [-0.25, -0.2) is 4.98 Å². The monoisotopic (exact) mass is 166 g/mol. The average Bonchev–Trinajstić information content (AvgIpc) is 2.04. The molecular weight excluding hydrogens is 160 g/mol. The Morgan fingerprint density at radius 3 is 3.00 bits per heavy atom. The molecule has 0 saturated carbocycles. The summed E-state index contributed by atoms with van der Waals surface area (Å²) in [4.78, 5) is 3.80. The fraction of sp³-hybridized carbons (Fsp3) is 0.250. The van der Waals surface area contributed by atoms with E-state index in [1.165, 1.54) is 6.20 Å². The number of rotatable bonds is 1. The van der Waals surface area contributed by atoms with Gasteiger partial charge in [-0.1, -0.05) is 18.5 Å². The highest BCUT2D eigenvalue weighted by atomic mass is 35.5. The zero-order chi connectivity index (χ0) is 8.27. The normalized spacial score (nSPS) is 9.18. The van der Waals surface area contributed by atoms with E-state index in [-0.39, 0.29) is 0 Å². The second kappa shape index (κ2) is 3.36. The van der Waals surface area contributed by atoms with Crippen molar-refractivity contribution in [1.82, 2.24) is 4.98 Å². The van der Waals surface area contributed by atoms with Gasteiger partial charge in [0.2, 0.25) is 0 Å². The van der Waals surface area contributed by atoms with Gasteiger partial charge in [0, 0.05) is 6.20 Å². The summed E-state index contributed by atoms with van der Waals surface area (Å²) in [5, 5.41) is 9.05. The summed E-state index contributed by atoms with van der Waals surface area (Å²) in [5.41, 5.74) is 1.56. The smallest absolute Gasteiger partial charge is 0.129 e. The van der Waals surface area contributed by atoms with Crippen LogP contribution in [0.2, 0.25) is 5.15 Å². The second-order valence-electron chi connectivity index (χ2n) is 2.13. The molecule has 0 amide bonds. The van der Waals surface area contributed by atoms with Crippen LogP contribution in [0.4, 0.5) is 0 Å². The van der Waals surface area contributed by atoms with Gasteiger partial charge >= 0.3 is 0 Å². The zero-order valence-electron chi connectivity index (χ0n) is 6.13. The summed E-state index contributed by atoms with van der Waals surface area (Å²) in [6, 6.07) is 3.77. The Hall–Kier alpha value is -1.07. The quantitative estimate of drug-likeness (QED) is 0.600. The molecule has 1 aromatic rings. The number of pyridine rings is 1. The molecule has 0 spiro atoms. The largest absolute Gasteiger partial charge is 0.243 e. The van der Waals surface area contributed by atoms with E-state index in [2.05, 4.69) is 11.1 Å². The molecule has 1 rings (SSSR count). The van der Waals surface area contributed by atoms with Gasteiger partial charge in [0.25, 0.3) is 0 Å². The highest BCUT2D eigenvalue weighted by Gasteiger charge is 2.00. The molecule has 2 nitrogen and oxygen atoms in total. The molecule has 0 fully saturated rings. The maximum Gasteiger partial charge on any atom is 0.129 e. The Bertz CT molecular complexity index is 301. The summed E-state index contributed by atoms with van der Waals surface area (Å²) >= 11 is 5.63. The highest BCUT2D eigenvalue weighted by molar-refractivity contribution is 6.29. The van der Waals surface area contributed by atoms with Gasteiger partial charge < -0.3 is 0 Å². The molecule has 0 aliphatic rings. The predicted octanol–water partition coefficient (Wildman–Crippen LogP) is 2.17. The molecule has 0 aliphatic heterocycles. The summed E-state index contributed by atoms with van der Waals surface area (Å²) in [5.74, 6) is 0. The van der Waals surface area contributed by atoms with Crippen molar-refractivity contribution in [2.75, 3.05) is 0 Å². The van der Waals surface area contributed by atoms with Crippen LogP contribution in [0.25, 0.3) is 0 Å². The van der Waals surface area contributed by atoms with Gasteiger partial charge in [-0.15, -0.1) is 0 Å².